The third-order valence-electron chi connectivity index (χ3n) is 1.93. The maximum Gasteiger partial charge on any atom is 0.522 e. The first kappa shape index (κ1) is 15.2. The van der Waals surface area contributed by atoms with Crippen LogP contribution in [0.3, 0.4) is 0 Å². The summed E-state index contributed by atoms with van der Waals surface area (Å²) in [4.78, 5) is 12.6. The maximum absolute atomic E-state index is 11.6. The van der Waals surface area contributed by atoms with Crippen LogP contribution in [0.25, 0.3) is 0 Å². The van der Waals surface area contributed by atoms with Gasteiger partial charge in [0.1, 0.15) is 0 Å². The molecule has 0 fully saturated rings. The number of rotatable bonds is 6. The van der Waals surface area contributed by atoms with E-state index in [2.05, 4.69) is 9.47 Å². The monoisotopic (exact) mass is 243 g/mol. The lowest BCUT2D eigenvalue weighted by Crippen LogP contribution is -2.32. The molecule has 0 amide bonds. The molecule has 1 unspecified atom stereocenters. The van der Waals surface area contributed by atoms with Crippen LogP contribution in [0.5, 0.6) is 0 Å². The second kappa shape index (κ2) is 6.70. The minimum atomic E-state index is -4.60. The SMILES string of the molecule is COC(=O)C(C)CN(C)CCOC(F)(F)F. The van der Waals surface area contributed by atoms with Gasteiger partial charge in [-0.2, -0.15) is 0 Å². The number of alkyl halides is 3. The summed E-state index contributed by atoms with van der Waals surface area (Å²) in [7, 11) is 2.88. The zero-order valence-electron chi connectivity index (χ0n) is 9.50. The molecule has 96 valence electrons. The third-order valence-corrected chi connectivity index (χ3v) is 1.93. The first-order valence-electron chi connectivity index (χ1n) is 4.73. The van der Waals surface area contributed by atoms with Crippen LogP contribution in [0.2, 0.25) is 0 Å². The van der Waals surface area contributed by atoms with Gasteiger partial charge in [0.05, 0.1) is 19.6 Å². The average molecular weight is 243 g/mol. The van der Waals surface area contributed by atoms with E-state index >= 15 is 0 Å². The van der Waals surface area contributed by atoms with Crippen molar-refractivity contribution in [3.63, 3.8) is 0 Å². The molecule has 0 bridgehead atoms. The Labute approximate surface area is 92.3 Å². The van der Waals surface area contributed by atoms with Gasteiger partial charge in [-0.1, -0.05) is 6.92 Å². The van der Waals surface area contributed by atoms with Crippen LogP contribution in [0, 0.1) is 5.92 Å². The van der Waals surface area contributed by atoms with Crippen LogP contribution >= 0.6 is 0 Å². The van der Waals surface area contributed by atoms with E-state index in [1.54, 1.807) is 18.9 Å². The van der Waals surface area contributed by atoms with Crippen molar-refractivity contribution in [2.75, 3.05) is 33.9 Å². The van der Waals surface area contributed by atoms with Gasteiger partial charge in [0, 0.05) is 13.1 Å². The Hall–Kier alpha value is -0.820. The number of esters is 1. The highest BCUT2D eigenvalue weighted by Gasteiger charge is 2.28. The van der Waals surface area contributed by atoms with E-state index in [0.717, 1.165) is 0 Å². The van der Waals surface area contributed by atoms with Crippen molar-refractivity contribution in [1.82, 2.24) is 4.90 Å². The Bertz CT molecular complexity index is 221. The number of carbonyl (C=O) groups excluding carboxylic acids is 1. The van der Waals surface area contributed by atoms with Crippen LogP contribution in [0.1, 0.15) is 6.92 Å². The van der Waals surface area contributed by atoms with Crippen molar-refractivity contribution in [3.05, 3.63) is 0 Å². The van der Waals surface area contributed by atoms with Gasteiger partial charge in [0.2, 0.25) is 0 Å². The molecule has 0 aromatic heterocycles. The van der Waals surface area contributed by atoms with Gasteiger partial charge in [-0.25, -0.2) is 0 Å². The predicted octanol–water partition coefficient (Wildman–Crippen LogP) is 1.26. The Morgan fingerprint density at radius 3 is 2.44 bits per heavy atom. The molecule has 0 radical (unpaired) electrons. The van der Waals surface area contributed by atoms with E-state index < -0.39 is 13.0 Å². The second-order valence-corrected chi connectivity index (χ2v) is 3.48. The molecule has 0 aromatic rings. The summed E-state index contributed by atoms with van der Waals surface area (Å²) in [5, 5.41) is 0. The summed E-state index contributed by atoms with van der Waals surface area (Å²) in [6.45, 7) is 1.62. The topological polar surface area (TPSA) is 38.8 Å². The van der Waals surface area contributed by atoms with Gasteiger partial charge >= 0.3 is 12.3 Å². The molecule has 0 heterocycles. The molecule has 1 atom stereocenters. The van der Waals surface area contributed by atoms with Gasteiger partial charge < -0.3 is 9.64 Å². The Morgan fingerprint density at radius 1 is 1.44 bits per heavy atom. The van der Waals surface area contributed by atoms with Crippen LogP contribution in [-0.4, -0.2) is 51.1 Å². The summed E-state index contributed by atoms with van der Waals surface area (Å²) >= 11 is 0. The van der Waals surface area contributed by atoms with E-state index in [-0.39, 0.29) is 18.4 Å². The molecule has 0 aromatic carbocycles. The van der Waals surface area contributed by atoms with Gasteiger partial charge in [-0.3, -0.25) is 9.53 Å². The fraction of sp³-hybridized carbons (Fsp3) is 0.889. The highest BCUT2D eigenvalue weighted by molar-refractivity contribution is 5.71. The lowest BCUT2D eigenvalue weighted by molar-refractivity contribution is -0.324. The van der Waals surface area contributed by atoms with Crippen molar-refractivity contribution >= 4 is 5.97 Å². The molecule has 0 saturated carbocycles. The zero-order chi connectivity index (χ0) is 12.8. The minimum absolute atomic E-state index is 0.0981. The molecule has 0 rings (SSSR count). The minimum Gasteiger partial charge on any atom is -0.469 e. The number of likely N-dealkylation sites (N-methyl/N-ethyl adjacent to an activating group) is 1. The average Bonchev–Trinajstić information content (AvgIpc) is 2.14. The number of ether oxygens (including phenoxy) is 2. The number of methoxy groups -OCH3 is 1. The number of hydrogen-bond acceptors (Lipinski definition) is 4. The molecule has 7 heteroatoms. The van der Waals surface area contributed by atoms with E-state index in [0.29, 0.717) is 6.54 Å². The van der Waals surface area contributed by atoms with E-state index in [1.807, 2.05) is 0 Å². The zero-order valence-corrected chi connectivity index (χ0v) is 9.50. The fourth-order valence-corrected chi connectivity index (χ4v) is 1.15. The number of halogens is 3. The lowest BCUT2D eigenvalue weighted by atomic mass is 10.2. The van der Waals surface area contributed by atoms with Gasteiger partial charge in [-0.05, 0) is 7.05 Å². The molecule has 0 aliphatic rings. The van der Waals surface area contributed by atoms with Crippen LogP contribution in [-0.2, 0) is 14.3 Å². The number of carbonyl (C=O) groups is 1. The molecule has 0 aliphatic heterocycles. The first-order chi connectivity index (χ1) is 7.26. The van der Waals surface area contributed by atoms with Crippen molar-refractivity contribution in [2.24, 2.45) is 5.92 Å². The lowest BCUT2D eigenvalue weighted by Gasteiger charge is -2.20. The first-order valence-corrected chi connectivity index (χ1v) is 4.73. The third kappa shape index (κ3) is 7.47. The van der Waals surface area contributed by atoms with Crippen LogP contribution < -0.4 is 0 Å². The Balaban J connectivity index is 3.74. The molecule has 0 aliphatic carbocycles. The standard InChI is InChI=1S/C9H16F3NO3/c1-7(8(14)15-3)6-13(2)4-5-16-9(10,11)12/h7H,4-6H2,1-3H3. The van der Waals surface area contributed by atoms with Gasteiger partial charge in [0.25, 0.3) is 0 Å². The Kier molecular flexibility index (Phi) is 6.35. The van der Waals surface area contributed by atoms with Gasteiger partial charge in [-0.15, -0.1) is 13.2 Å². The smallest absolute Gasteiger partial charge is 0.469 e. The highest BCUT2D eigenvalue weighted by atomic mass is 19.4. The molecule has 4 nitrogen and oxygen atoms in total. The molecule has 0 N–H and O–H groups in total. The van der Waals surface area contributed by atoms with E-state index in [1.165, 1.54) is 7.11 Å². The maximum atomic E-state index is 11.6. The second-order valence-electron chi connectivity index (χ2n) is 3.48. The summed E-state index contributed by atoms with van der Waals surface area (Å²) in [6.07, 6.45) is -4.60. The molecule has 0 spiro atoms. The predicted molar refractivity (Wildman–Crippen MR) is 50.7 cm³/mol. The molecule has 16 heavy (non-hydrogen) atoms. The molecular weight excluding hydrogens is 227 g/mol. The largest absolute Gasteiger partial charge is 0.522 e. The quantitative estimate of drug-likeness (QED) is 0.658. The van der Waals surface area contributed by atoms with Crippen molar-refractivity contribution in [1.29, 1.82) is 0 Å². The summed E-state index contributed by atoms with van der Waals surface area (Å²) in [5.41, 5.74) is 0. The Morgan fingerprint density at radius 2 is 2.00 bits per heavy atom. The van der Waals surface area contributed by atoms with Crippen molar-refractivity contribution < 1.29 is 27.4 Å². The summed E-state index contributed by atoms with van der Waals surface area (Å²) in [5.74, 6) is -0.760. The van der Waals surface area contributed by atoms with E-state index in [4.69, 9.17) is 0 Å². The summed E-state index contributed by atoms with van der Waals surface area (Å²) in [6, 6.07) is 0. The molecule has 0 saturated heterocycles. The number of nitrogens with zero attached hydrogens (tertiary/aromatic N) is 1. The van der Waals surface area contributed by atoms with E-state index in [9.17, 15) is 18.0 Å². The van der Waals surface area contributed by atoms with Crippen LogP contribution in [0.15, 0.2) is 0 Å². The summed E-state index contributed by atoms with van der Waals surface area (Å²) < 4.78 is 43.0. The number of hydrogen-bond donors (Lipinski definition) is 0. The van der Waals surface area contributed by atoms with Crippen molar-refractivity contribution in [2.45, 2.75) is 13.3 Å². The fourth-order valence-electron chi connectivity index (χ4n) is 1.15. The van der Waals surface area contributed by atoms with Crippen molar-refractivity contribution in [3.8, 4) is 0 Å². The normalized spacial score (nSPS) is 13.9. The highest BCUT2D eigenvalue weighted by Crippen LogP contribution is 2.15. The van der Waals surface area contributed by atoms with Crippen LogP contribution in [0.4, 0.5) is 13.2 Å². The molecular formula is C9H16F3NO3. The van der Waals surface area contributed by atoms with Gasteiger partial charge in [0.15, 0.2) is 0 Å².